The summed E-state index contributed by atoms with van der Waals surface area (Å²) in [7, 11) is 0. The van der Waals surface area contributed by atoms with Gasteiger partial charge in [0.1, 0.15) is 0 Å². The van der Waals surface area contributed by atoms with Gasteiger partial charge in [0.15, 0.2) is 5.82 Å². The van der Waals surface area contributed by atoms with Crippen LogP contribution in [-0.4, -0.2) is 21.0 Å². The first-order valence-electron chi connectivity index (χ1n) is 6.60. The van der Waals surface area contributed by atoms with E-state index in [9.17, 15) is 9.90 Å². The molecule has 0 saturated heterocycles. The molecule has 1 N–H and O–H groups in total. The molecule has 0 radical (unpaired) electrons. The van der Waals surface area contributed by atoms with E-state index in [4.69, 9.17) is 11.6 Å². The second-order valence-electron chi connectivity index (χ2n) is 5.96. The van der Waals surface area contributed by atoms with Gasteiger partial charge in [-0.25, -0.2) is 9.97 Å². The molecule has 1 aromatic heterocycles. The number of halogens is 1. The summed E-state index contributed by atoms with van der Waals surface area (Å²) in [6.45, 7) is 5.65. The molecule has 1 unspecified atom stereocenters. The van der Waals surface area contributed by atoms with E-state index < -0.39 is 17.3 Å². The monoisotopic (exact) mass is 304 g/mol. The first-order chi connectivity index (χ1) is 9.80. The first kappa shape index (κ1) is 15.4. The lowest BCUT2D eigenvalue weighted by Gasteiger charge is -2.26. The lowest BCUT2D eigenvalue weighted by atomic mass is 9.77. The van der Waals surface area contributed by atoms with Crippen molar-refractivity contribution in [2.24, 2.45) is 5.41 Å². The molecule has 0 saturated carbocycles. The molecule has 0 aliphatic carbocycles. The topological polar surface area (TPSA) is 63.1 Å². The van der Waals surface area contributed by atoms with Crippen LogP contribution in [0.2, 0.25) is 5.02 Å². The normalized spacial score (nSPS) is 13.0. The van der Waals surface area contributed by atoms with E-state index in [1.165, 1.54) is 0 Å². The van der Waals surface area contributed by atoms with Crippen LogP contribution in [0, 0.1) is 5.41 Å². The van der Waals surface area contributed by atoms with E-state index in [2.05, 4.69) is 9.97 Å². The minimum atomic E-state index is -0.878. The largest absolute Gasteiger partial charge is 0.481 e. The summed E-state index contributed by atoms with van der Waals surface area (Å²) in [6.07, 6.45) is 3.13. The number of hydrogen-bond acceptors (Lipinski definition) is 3. The Balaban J connectivity index is 2.39. The molecule has 1 atom stereocenters. The van der Waals surface area contributed by atoms with Crippen molar-refractivity contribution < 1.29 is 9.90 Å². The summed E-state index contributed by atoms with van der Waals surface area (Å²) in [5, 5.41) is 9.98. The molecule has 0 spiro atoms. The van der Waals surface area contributed by atoms with Crippen LogP contribution in [0.15, 0.2) is 36.7 Å². The van der Waals surface area contributed by atoms with Gasteiger partial charge in [0.25, 0.3) is 0 Å². The third-order valence-electron chi connectivity index (χ3n) is 3.23. The highest BCUT2D eigenvalue weighted by atomic mass is 35.5. The Labute approximate surface area is 128 Å². The van der Waals surface area contributed by atoms with Gasteiger partial charge in [0.05, 0.1) is 10.9 Å². The van der Waals surface area contributed by atoms with Crippen LogP contribution in [0.3, 0.4) is 0 Å². The Morgan fingerprint density at radius 2 is 1.76 bits per heavy atom. The summed E-state index contributed by atoms with van der Waals surface area (Å²) in [5.41, 5.74) is 0.903. The molecular weight excluding hydrogens is 288 g/mol. The van der Waals surface area contributed by atoms with Gasteiger partial charge in [-0.05, 0) is 17.5 Å². The number of aliphatic carboxylic acids is 1. The van der Waals surface area contributed by atoms with Crippen LogP contribution in [-0.2, 0) is 4.79 Å². The van der Waals surface area contributed by atoms with E-state index in [0.717, 1.165) is 5.56 Å². The van der Waals surface area contributed by atoms with Gasteiger partial charge in [-0.15, -0.1) is 0 Å². The van der Waals surface area contributed by atoms with Crippen molar-refractivity contribution in [1.29, 1.82) is 0 Å². The molecule has 1 heterocycles. The van der Waals surface area contributed by atoms with Gasteiger partial charge < -0.3 is 5.11 Å². The predicted octanol–water partition coefficient (Wildman–Crippen LogP) is 4.01. The van der Waals surface area contributed by atoms with E-state index in [1.54, 1.807) is 18.5 Å². The zero-order chi connectivity index (χ0) is 15.6. The molecule has 0 amide bonds. The Morgan fingerprint density at radius 1 is 1.19 bits per heavy atom. The zero-order valence-electron chi connectivity index (χ0n) is 12.2. The number of carbonyl (C=O) groups is 1. The fraction of sp³-hybridized carbons (Fsp3) is 0.312. The van der Waals surface area contributed by atoms with Crippen molar-refractivity contribution in [3.63, 3.8) is 0 Å². The smallest absolute Gasteiger partial charge is 0.311 e. The first-order valence-corrected chi connectivity index (χ1v) is 6.98. The Kier molecular flexibility index (Phi) is 4.28. The summed E-state index contributed by atoms with van der Waals surface area (Å²) in [4.78, 5) is 20.0. The average Bonchev–Trinajstić information content (AvgIpc) is 2.38. The van der Waals surface area contributed by atoms with E-state index in [1.807, 2.05) is 39.0 Å². The van der Waals surface area contributed by atoms with Gasteiger partial charge in [0.2, 0.25) is 0 Å². The van der Waals surface area contributed by atoms with Crippen LogP contribution < -0.4 is 0 Å². The molecule has 21 heavy (non-hydrogen) atoms. The van der Waals surface area contributed by atoms with Gasteiger partial charge in [-0.2, -0.15) is 0 Å². The van der Waals surface area contributed by atoms with E-state index in [0.29, 0.717) is 16.4 Å². The molecule has 0 aliphatic heterocycles. The van der Waals surface area contributed by atoms with Crippen molar-refractivity contribution in [2.75, 3.05) is 0 Å². The zero-order valence-corrected chi connectivity index (χ0v) is 12.9. The maximum absolute atomic E-state index is 11.5. The van der Waals surface area contributed by atoms with Crippen molar-refractivity contribution in [2.45, 2.75) is 26.7 Å². The number of nitrogens with zero attached hydrogens (tertiary/aromatic N) is 2. The number of benzene rings is 1. The minimum absolute atomic E-state index is 0.416. The number of carboxylic acids is 1. The standard InChI is InChI=1S/C16H17ClN2O2/c1-16(2,3)13(15(20)21)10-8-18-14(19-9-10)11-6-4-5-7-12(11)17/h4-9,13H,1-3H3,(H,20,21). The summed E-state index contributed by atoms with van der Waals surface area (Å²) >= 11 is 6.11. The highest BCUT2D eigenvalue weighted by Crippen LogP contribution is 2.35. The second-order valence-corrected chi connectivity index (χ2v) is 6.36. The molecule has 2 aromatic rings. The van der Waals surface area contributed by atoms with Crippen LogP contribution in [0.25, 0.3) is 11.4 Å². The maximum Gasteiger partial charge on any atom is 0.311 e. The third kappa shape index (κ3) is 3.39. The number of carboxylic acid groups (broad SMARTS) is 1. The summed E-state index contributed by atoms with van der Waals surface area (Å²) < 4.78 is 0. The molecular formula is C16H17ClN2O2. The van der Waals surface area contributed by atoms with Crippen molar-refractivity contribution in [3.8, 4) is 11.4 Å². The fourth-order valence-corrected chi connectivity index (χ4v) is 2.50. The van der Waals surface area contributed by atoms with Crippen molar-refractivity contribution in [3.05, 3.63) is 47.2 Å². The number of hydrogen-bond donors (Lipinski definition) is 1. The Hall–Kier alpha value is -1.94. The fourth-order valence-electron chi connectivity index (χ4n) is 2.28. The molecule has 0 bridgehead atoms. The van der Waals surface area contributed by atoms with Crippen LogP contribution >= 0.6 is 11.6 Å². The third-order valence-corrected chi connectivity index (χ3v) is 3.56. The molecule has 5 heteroatoms. The highest BCUT2D eigenvalue weighted by molar-refractivity contribution is 6.33. The molecule has 0 aliphatic rings. The number of aromatic nitrogens is 2. The van der Waals surface area contributed by atoms with Gasteiger partial charge in [0, 0.05) is 23.5 Å². The van der Waals surface area contributed by atoms with Crippen LogP contribution in [0.1, 0.15) is 32.3 Å². The Morgan fingerprint density at radius 3 is 2.24 bits per heavy atom. The average molecular weight is 305 g/mol. The SMILES string of the molecule is CC(C)(C)C(C(=O)O)c1cnc(-c2ccccc2Cl)nc1. The molecule has 2 rings (SSSR count). The number of rotatable bonds is 3. The maximum atomic E-state index is 11.5. The molecule has 110 valence electrons. The van der Waals surface area contributed by atoms with Gasteiger partial charge in [-0.1, -0.05) is 44.5 Å². The Bertz CT molecular complexity index is 648. The lowest BCUT2D eigenvalue weighted by Crippen LogP contribution is -2.26. The van der Waals surface area contributed by atoms with E-state index in [-0.39, 0.29) is 0 Å². The summed E-state index contributed by atoms with van der Waals surface area (Å²) in [6, 6.07) is 7.28. The quantitative estimate of drug-likeness (QED) is 0.930. The predicted molar refractivity (Wildman–Crippen MR) is 82.3 cm³/mol. The second kappa shape index (κ2) is 5.82. The lowest BCUT2D eigenvalue weighted by molar-refractivity contribution is -0.141. The van der Waals surface area contributed by atoms with Gasteiger partial charge in [-0.3, -0.25) is 4.79 Å². The van der Waals surface area contributed by atoms with Crippen LogP contribution in [0.4, 0.5) is 0 Å². The van der Waals surface area contributed by atoms with Gasteiger partial charge >= 0.3 is 5.97 Å². The minimum Gasteiger partial charge on any atom is -0.481 e. The van der Waals surface area contributed by atoms with Crippen molar-refractivity contribution >= 4 is 17.6 Å². The molecule has 1 aromatic carbocycles. The van der Waals surface area contributed by atoms with Crippen molar-refractivity contribution in [1.82, 2.24) is 9.97 Å². The van der Waals surface area contributed by atoms with Crippen LogP contribution in [0.5, 0.6) is 0 Å². The highest BCUT2D eigenvalue weighted by Gasteiger charge is 2.33. The summed E-state index contributed by atoms with van der Waals surface area (Å²) in [5.74, 6) is -1.04. The molecule has 4 nitrogen and oxygen atoms in total. The molecule has 0 fully saturated rings. The van der Waals surface area contributed by atoms with E-state index >= 15 is 0 Å².